The molecule has 3 rings (SSSR count). The van der Waals surface area contributed by atoms with Gasteiger partial charge in [0.05, 0.1) is 16.1 Å². The van der Waals surface area contributed by atoms with E-state index in [0.717, 1.165) is 6.20 Å². The number of nitro benzene ring substituents is 1. The van der Waals surface area contributed by atoms with Crippen molar-refractivity contribution in [3.63, 3.8) is 0 Å². The normalized spacial score (nSPS) is 21.4. The van der Waals surface area contributed by atoms with Crippen LogP contribution in [-0.2, 0) is 28.4 Å². The maximum atomic E-state index is 12.1. The van der Waals surface area contributed by atoms with Crippen LogP contribution in [0.2, 0.25) is 0 Å². The lowest BCUT2D eigenvalue weighted by Gasteiger charge is -2.32. The third-order valence-electron chi connectivity index (χ3n) is 5.54. The molecule has 11 heteroatoms. The van der Waals surface area contributed by atoms with Crippen LogP contribution in [0.1, 0.15) is 47.1 Å². The topological polar surface area (TPSA) is 126 Å². The second kappa shape index (κ2) is 7.35. The number of esters is 2. The number of aryl methyl sites for hydroxylation is 1. The molecule has 31 heavy (non-hydrogen) atoms. The van der Waals surface area contributed by atoms with Gasteiger partial charge in [-0.15, -0.1) is 0 Å². The van der Waals surface area contributed by atoms with Gasteiger partial charge < -0.3 is 24.1 Å². The van der Waals surface area contributed by atoms with Gasteiger partial charge in [0.15, 0.2) is 5.57 Å². The molecule has 0 bridgehead atoms. The highest BCUT2D eigenvalue weighted by atomic mass is 16.7. The van der Waals surface area contributed by atoms with Crippen molar-refractivity contribution >= 4 is 35.9 Å². The highest BCUT2D eigenvalue weighted by Gasteiger charge is 2.52. The van der Waals surface area contributed by atoms with Gasteiger partial charge in [-0.2, -0.15) is 0 Å². The predicted molar refractivity (Wildman–Crippen MR) is 112 cm³/mol. The number of nitrogens with one attached hydrogen (secondary N) is 1. The summed E-state index contributed by atoms with van der Waals surface area (Å²) in [6.07, 6.45) is 1.05. The lowest BCUT2D eigenvalue weighted by Crippen LogP contribution is -2.42. The van der Waals surface area contributed by atoms with E-state index in [1.807, 2.05) is 27.7 Å². The van der Waals surface area contributed by atoms with Gasteiger partial charge in [-0.25, -0.2) is 9.59 Å². The fraction of sp³-hybridized carbons (Fsp3) is 0.500. The Morgan fingerprint density at radius 1 is 1.00 bits per heavy atom. The van der Waals surface area contributed by atoms with Gasteiger partial charge in [0.2, 0.25) is 0 Å². The molecule has 2 saturated heterocycles. The Bertz CT molecular complexity index is 961. The molecule has 2 aliphatic rings. The van der Waals surface area contributed by atoms with E-state index < -0.39 is 46.5 Å². The second-order valence-electron chi connectivity index (χ2n) is 8.96. The molecule has 166 valence electrons. The van der Waals surface area contributed by atoms with E-state index in [-0.39, 0.29) is 11.4 Å². The number of carbonyl (C=O) groups is 2. The summed E-state index contributed by atoms with van der Waals surface area (Å²) in [6.45, 7) is 12.1. The Balaban J connectivity index is 1.93. The molecule has 1 aromatic rings. The minimum absolute atomic E-state index is 0.114. The van der Waals surface area contributed by atoms with Crippen molar-refractivity contribution in [1.82, 2.24) is 0 Å². The van der Waals surface area contributed by atoms with Crippen molar-refractivity contribution in [3.05, 3.63) is 39.6 Å². The van der Waals surface area contributed by atoms with Crippen LogP contribution >= 0.6 is 0 Å². The zero-order valence-corrected chi connectivity index (χ0v) is 18.5. The maximum Gasteiger partial charge on any atom is 0.495 e. The number of ether oxygens (including phenoxy) is 2. The van der Waals surface area contributed by atoms with E-state index in [4.69, 9.17) is 18.8 Å². The number of rotatable bonds is 4. The van der Waals surface area contributed by atoms with Crippen LogP contribution in [0.5, 0.6) is 0 Å². The fourth-order valence-corrected chi connectivity index (χ4v) is 3.17. The quantitative estimate of drug-likeness (QED) is 0.191. The standard InChI is InChI=1S/C20H25BN2O8/c1-11-8-12(21-30-18(2,3)19(4,5)31-21)9-14(23(26)27)15(11)22-10-13-16(24)28-20(6,7)29-17(13)25/h8-10,22H,1-7H3. The summed E-state index contributed by atoms with van der Waals surface area (Å²) in [5, 5.41) is 14.4. The van der Waals surface area contributed by atoms with E-state index >= 15 is 0 Å². The number of benzene rings is 1. The van der Waals surface area contributed by atoms with Crippen LogP contribution in [0, 0.1) is 17.0 Å². The number of nitrogens with zero attached hydrogens (tertiary/aromatic N) is 1. The maximum absolute atomic E-state index is 12.1. The SMILES string of the molecule is Cc1cc(B2OC(C)(C)C(C)(C)O2)cc([N+](=O)[O-])c1NC=C1C(=O)OC(C)(C)OC1=O. The zero-order chi connectivity index (χ0) is 23.4. The number of nitro groups is 1. The first kappa shape index (κ1) is 22.8. The summed E-state index contributed by atoms with van der Waals surface area (Å²) in [5.41, 5.74) is -0.771. The van der Waals surface area contributed by atoms with Crippen LogP contribution in [0.4, 0.5) is 11.4 Å². The first-order chi connectivity index (χ1) is 14.1. The molecule has 10 nitrogen and oxygen atoms in total. The molecule has 0 saturated carbocycles. The number of cyclic esters (lactones) is 2. The van der Waals surface area contributed by atoms with E-state index in [2.05, 4.69) is 5.32 Å². The third-order valence-corrected chi connectivity index (χ3v) is 5.54. The monoisotopic (exact) mass is 432 g/mol. The summed E-state index contributed by atoms with van der Waals surface area (Å²) < 4.78 is 22.0. The molecular formula is C20H25BN2O8. The third kappa shape index (κ3) is 4.28. The highest BCUT2D eigenvalue weighted by Crippen LogP contribution is 2.37. The minimum Gasteiger partial charge on any atom is -0.419 e. The van der Waals surface area contributed by atoms with Crippen molar-refractivity contribution in [1.29, 1.82) is 0 Å². The molecule has 0 aliphatic carbocycles. The molecule has 0 spiro atoms. The van der Waals surface area contributed by atoms with Gasteiger partial charge in [0, 0.05) is 26.1 Å². The van der Waals surface area contributed by atoms with Gasteiger partial charge >= 0.3 is 19.1 Å². The number of carbonyl (C=O) groups excluding carboxylic acids is 2. The Morgan fingerprint density at radius 3 is 2.00 bits per heavy atom. The zero-order valence-electron chi connectivity index (χ0n) is 18.5. The molecule has 0 atom stereocenters. The molecule has 1 N–H and O–H groups in total. The first-order valence-electron chi connectivity index (χ1n) is 9.71. The number of anilines is 1. The number of hydrogen-bond donors (Lipinski definition) is 1. The predicted octanol–water partition coefficient (Wildman–Crippen LogP) is 2.33. The van der Waals surface area contributed by atoms with Gasteiger partial charge in [-0.3, -0.25) is 10.1 Å². The van der Waals surface area contributed by atoms with E-state index in [1.54, 1.807) is 13.0 Å². The smallest absolute Gasteiger partial charge is 0.419 e. The summed E-state index contributed by atoms with van der Waals surface area (Å²) in [4.78, 5) is 35.4. The molecule has 0 amide bonds. The van der Waals surface area contributed by atoms with Crippen molar-refractivity contribution in [2.24, 2.45) is 0 Å². The molecule has 0 unspecified atom stereocenters. The van der Waals surface area contributed by atoms with E-state index in [1.165, 1.54) is 19.9 Å². The van der Waals surface area contributed by atoms with Gasteiger partial charge in [-0.05, 0) is 45.6 Å². The molecule has 0 radical (unpaired) electrons. The number of hydrogen-bond acceptors (Lipinski definition) is 9. The Morgan fingerprint density at radius 2 is 1.52 bits per heavy atom. The highest BCUT2D eigenvalue weighted by molar-refractivity contribution is 6.62. The van der Waals surface area contributed by atoms with Crippen LogP contribution < -0.4 is 10.8 Å². The molecule has 2 heterocycles. The van der Waals surface area contributed by atoms with Crippen LogP contribution in [0.25, 0.3) is 0 Å². The summed E-state index contributed by atoms with van der Waals surface area (Å²) in [6, 6.07) is 3.03. The largest absolute Gasteiger partial charge is 0.495 e. The molecular weight excluding hydrogens is 407 g/mol. The van der Waals surface area contributed by atoms with Crippen LogP contribution in [0.15, 0.2) is 23.9 Å². The van der Waals surface area contributed by atoms with Crippen molar-refractivity contribution in [3.8, 4) is 0 Å². The van der Waals surface area contributed by atoms with Crippen molar-refractivity contribution in [2.45, 2.75) is 65.5 Å². The Labute approximate surface area is 180 Å². The minimum atomic E-state index is -1.38. The average molecular weight is 432 g/mol. The van der Waals surface area contributed by atoms with Crippen LogP contribution in [-0.4, -0.2) is 41.0 Å². The lowest BCUT2D eigenvalue weighted by atomic mass is 9.78. The second-order valence-corrected chi connectivity index (χ2v) is 8.96. The van der Waals surface area contributed by atoms with Gasteiger partial charge in [0.25, 0.3) is 11.5 Å². The molecule has 2 aliphatic heterocycles. The Kier molecular flexibility index (Phi) is 5.39. The fourth-order valence-electron chi connectivity index (χ4n) is 3.17. The lowest BCUT2D eigenvalue weighted by molar-refractivity contribution is -0.383. The van der Waals surface area contributed by atoms with Crippen molar-refractivity contribution in [2.75, 3.05) is 5.32 Å². The van der Waals surface area contributed by atoms with E-state index in [9.17, 15) is 19.7 Å². The first-order valence-corrected chi connectivity index (χ1v) is 9.71. The van der Waals surface area contributed by atoms with Gasteiger partial charge in [0.1, 0.15) is 5.69 Å². The van der Waals surface area contributed by atoms with E-state index in [0.29, 0.717) is 11.0 Å². The molecule has 1 aromatic carbocycles. The van der Waals surface area contributed by atoms with Gasteiger partial charge in [-0.1, -0.05) is 6.07 Å². The van der Waals surface area contributed by atoms with Crippen molar-refractivity contribution < 1.29 is 33.3 Å². The summed E-state index contributed by atoms with van der Waals surface area (Å²) in [7, 11) is -0.777. The molecule has 2 fully saturated rings. The summed E-state index contributed by atoms with van der Waals surface area (Å²) in [5.74, 6) is -3.15. The Hall–Kier alpha value is -2.92. The van der Waals surface area contributed by atoms with Crippen LogP contribution in [0.3, 0.4) is 0 Å². The average Bonchev–Trinajstić information content (AvgIpc) is 2.81. The molecule has 0 aromatic heterocycles. The summed E-state index contributed by atoms with van der Waals surface area (Å²) >= 11 is 0.